The number of rotatable bonds is 3. The van der Waals surface area contributed by atoms with Gasteiger partial charge in [0.1, 0.15) is 0 Å². The summed E-state index contributed by atoms with van der Waals surface area (Å²) in [5, 5.41) is 0. The first-order valence-electron chi connectivity index (χ1n) is 4.48. The van der Waals surface area contributed by atoms with Crippen molar-refractivity contribution in [2.24, 2.45) is 0 Å². The molecule has 0 radical (unpaired) electrons. The zero-order valence-corrected chi connectivity index (χ0v) is 11.4. The number of carbonyl (C=O) groups is 1. The second-order valence-corrected chi connectivity index (χ2v) is 3.34. The van der Waals surface area contributed by atoms with Gasteiger partial charge in [-0.15, -0.1) is 0 Å². The van der Waals surface area contributed by atoms with E-state index in [1.54, 1.807) is 0 Å². The monoisotopic (exact) mass is 233 g/mol. The van der Waals surface area contributed by atoms with Crippen molar-refractivity contribution in [2.45, 2.75) is 25.6 Å². The summed E-state index contributed by atoms with van der Waals surface area (Å²) < 4.78 is 35.4. The second kappa shape index (κ2) is 6.52. The van der Waals surface area contributed by atoms with Crippen molar-refractivity contribution in [2.75, 3.05) is 13.1 Å². The van der Waals surface area contributed by atoms with Crippen LogP contribution in [0.4, 0.5) is 12.9 Å². The van der Waals surface area contributed by atoms with Crippen LogP contribution in [-0.4, -0.2) is 30.9 Å². The Hall–Kier alpha value is 0.961. The van der Waals surface area contributed by atoms with Gasteiger partial charge in [0.15, 0.2) is 0 Å². The molecule has 0 bridgehead atoms. The zero-order chi connectivity index (χ0) is 9.90. The molecule has 0 atom stereocenters. The summed E-state index contributed by atoms with van der Waals surface area (Å²) in [6.07, 6.45) is 0.532. The molecule has 14 heavy (non-hydrogen) atoms. The van der Waals surface area contributed by atoms with Crippen molar-refractivity contribution < 1.29 is 69.1 Å². The summed E-state index contributed by atoms with van der Waals surface area (Å²) in [5.74, 6) is -0.350. The van der Waals surface area contributed by atoms with Gasteiger partial charge >= 0.3 is 58.4 Å². The van der Waals surface area contributed by atoms with Gasteiger partial charge in [-0.1, -0.05) is 6.32 Å². The molecule has 1 amide bonds. The van der Waals surface area contributed by atoms with Crippen LogP contribution in [0.5, 0.6) is 0 Å². The predicted octanol–water partition coefficient (Wildman–Crippen LogP) is -1.15. The van der Waals surface area contributed by atoms with Gasteiger partial charge in [0, 0.05) is 19.5 Å². The van der Waals surface area contributed by atoms with Crippen LogP contribution in [0.1, 0.15) is 19.3 Å². The molecule has 0 aromatic rings. The van der Waals surface area contributed by atoms with Crippen LogP contribution < -0.4 is 51.4 Å². The van der Waals surface area contributed by atoms with Crippen molar-refractivity contribution in [3.8, 4) is 0 Å². The number of carbonyl (C=O) groups excluding carboxylic acids is 1. The van der Waals surface area contributed by atoms with Crippen LogP contribution in [0.15, 0.2) is 0 Å². The summed E-state index contributed by atoms with van der Waals surface area (Å²) in [6.45, 7) is -3.54. The van der Waals surface area contributed by atoms with Crippen LogP contribution in [0.2, 0.25) is 6.32 Å². The molecule has 0 aromatic heterocycles. The SMILES string of the molecule is O=C(CC[B-](F)(F)F)N1CCCC1.[K+]. The third-order valence-electron chi connectivity index (χ3n) is 2.14. The van der Waals surface area contributed by atoms with E-state index in [2.05, 4.69) is 0 Å². The quantitative estimate of drug-likeness (QED) is 0.564. The Morgan fingerprint density at radius 2 is 1.71 bits per heavy atom. The van der Waals surface area contributed by atoms with Crippen LogP contribution in [0.3, 0.4) is 0 Å². The molecule has 1 saturated heterocycles. The van der Waals surface area contributed by atoms with E-state index in [0.717, 1.165) is 12.8 Å². The molecule has 0 spiro atoms. The molecule has 0 aliphatic carbocycles. The van der Waals surface area contributed by atoms with E-state index in [9.17, 15) is 17.7 Å². The van der Waals surface area contributed by atoms with E-state index in [1.165, 1.54) is 4.90 Å². The second-order valence-electron chi connectivity index (χ2n) is 3.34. The molecule has 76 valence electrons. The largest absolute Gasteiger partial charge is 1.00 e. The molecule has 2 nitrogen and oxygen atoms in total. The van der Waals surface area contributed by atoms with E-state index < -0.39 is 13.3 Å². The van der Waals surface area contributed by atoms with Gasteiger partial charge in [0.2, 0.25) is 5.91 Å². The molecule has 1 rings (SSSR count). The van der Waals surface area contributed by atoms with Gasteiger partial charge in [-0.3, -0.25) is 4.79 Å². The number of halogens is 3. The fourth-order valence-corrected chi connectivity index (χ4v) is 1.41. The van der Waals surface area contributed by atoms with E-state index in [0.29, 0.717) is 13.1 Å². The summed E-state index contributed by atoms with van der Waals surface area (Å²) in [5.41, 5.74) is 0. The third kappa shape index (κ3) is 5.75. The first-order chi connectivity index (χ1) is 5.99. The first-order valence-corrected chi connectivity index (χ1v) is 4.48. The van der Waals surface area contributed by atoms with Crippen molar-refractivity contribution >= 4 is 12.9 Å². The minimum absolute atomic E-state index is 0. The number of likely N-dealkylation sites (tertiary alicyclic amines) is 1. The fraction of sp³-hybridized carbons (Fsp3) is 0.857. The molecule has 1 aliphatic rings. The van der Waals surface area contributed by atoms with Crippen LogP contribution in [0, 0.1) is 0 Å². The normalized spacial score (nSPS) is 16.6. The number of hydrogen-bond acceptors (Lipinski definition) is 1. The molecule has 0 N–H and O–H groups in total. The van der Waals surface area contributed by atoms with Gasteiger partial charge in [0.25, 0.3) is 0 Å². The number of hydrogen-bond donors (Lipinski definition) is 0. The summed E-state index contributed by atoms with van der Waals surface area (Å²) in [7, 11) is 0. The Labute approximate surface area is 124 Å². The van der Waals surface area contributed by atoms with Gasteiger partial charge < -0.3 is 17.8 Å². The average molecular weight is 233 g/mol. The Morgan fingerprint density at radius 3 is 2.14 bits per heavy atom. The summed E-state index contributed by atoms with van der Waals surface area (Å²) in [6, 6.07) is 0. The summed E-state index contributed by atoms with van der Waals surface area (Å²) in [4.78, 5) is 12.6. The van der Waals surface area contributed by atoms with Gasteiger partial charge in [-0.2, -0.15) is 0 Å². The molecule has 0 unspecified atom stereocenters. The van der Waals surface area contributed by atoms with Crippen LogP contribution >= 0.6 is 0 Å². The maximum absolute atomic E-state index is 11.8. The Balaban J connectivity index is 0.00000169. The Bertz CT molecular complexity index is 194. The molecular formula is C7H12BF3KNO. The standard InChI is InChI=1S/C7H12BF3NO.K/c9-8(10,11)4-3-7(13)12-5-1-2-6-12;/h1-6H2;/q-1;+1. The van der Waals surface area contributed by atoms with Crippen molar-refractivity contribution in [1.29, 1.82) is 0 Å². The fourth-order valence-electron chi connectivity index (χ4n) is 1.41. The first kappa shape index (κ1) is 15.0. The van der Waals surface area contributed by atoms with E-state index >= 15 is 0 Å². The third-order valence-corrected chi connectivity index (χ3v) is 2.14. The number of nitrogens with zero attached hydrogens (tertiary/aromatic N) is 1. The minimum Gasteiger partial charge on any atom is -0.449 e. The minimum atomic E-state index is -4.80. The summed E-state index contributed by atoms with van der Waals surface area (Å²) >= 11 is 0. The van der Waals surface area contributed by atoms with Crippen LogP contribution in [-0.2, 0) is 4.79 Å². The Kier molecular flexibility index (Phi) is 6.97. The van der Waals surface area contributed by atoms with Crippen molar-refractivity contribution in [3.63, 3.8) is 0 Å². The molecule has 1 fully saturated rings. The maximum atomic E-state index is 11.8. The van der Waals surface area contributed by atoms with Crippen LogP contribution in [0.25, 0.3) is 0 Å². The molecule has 1 heterocycles. The van der Waals surface area contributed by atoms with Gasteiger partial charge in [0.05, 0.1) is 0 Å². The topological polar surface area (TPSA) is 20.3 Å². The molecular weight excluding hydrogens is 221 g/mol. The number of amides is 1. The smallest absolute Gasteiger partial charge is 0.449 e. The molecule has 7 heteroatoms. The van der Waals surface area contributed by atoms with E-state index in [4.69, 9.17) is 0 Å². The molecule has 0 saturated carbocycles. The maximum Gasteiger partial charge on any atom is 1.00 e. The molecule has 1 aliphatic heterocycles. The van der Waals surface area contributed by atoms with E-state index in [-0.39, 0.29) is 63.7 Å². The molecule has 0 aromatic carbocycles. The van der Waals surface area contributed by atoms with Gasteiger partial charge in [-0.05, 0) is 12.8 Å². The predicted molar refractivity (Wildman–Crippen MR) is 44.3 cm³/mol. The van der Waals surface area contributed by atoms with Crippen molar-refractivity contribution in [3.05, 3.63) is 0 Å². The Morgan fingerprint density at radius 1 is 1.21 bits per heavy atom. The van der Waals surface area contributed by atoms with E-state index in [1.807, 2.05) is 0 Å². The van der Waals surface area contributed by atoms with Gasteiger partial charge in [-0.25, -0.2) is 0 Å². The van der Waals surface area contributed by atoms with Crippen molar-refractivity contribution in [1.82, 2.24) is 4.90 Å². The zero-order valence-electron chi connectivity index (χ0n) is 8.31. The average Bonchev–Trinajstić information content (AvgIpc) is 2.50.